The van der Waals surface area contributed by atoms with Gasteiger partial charge in [-0.3, -0.25) is 0 Å². The lowest BCUT2D eigenvalue weighted by molar-refractivity contribution is 0.350. The molecule has 0 fully saturated rings. The summed E-state index contributed by atoms with van der Waals surface area (Å²) in [5.41, 5.74) is 5.42. The highest BCUT2D eigenvalue weighted by molar-refractivity contribution is 7.89. The molecule has 0 amide bonds. The minimum Gasteiger partial charge on any atom is -0.339 e. The molecule has 17 heavy (non-hydrogen) atoms. The van der Waals surface area contributed by atoms with Gasteiger partial charge in [0.2, 0.25) is 0 Å². The average Bonchev–Trinajstić information content (AvgIpc) is 2.65. The normalized spacial score (nSPS) is 12.6. The zero-order valence-electron chi connectivity index (χ0n) is 10.5. The molecule has 7 heteroatoms. The van der Waals surface area contributed by atoms with Gasteiger partial charge in [-0.2, -0.15) is 4.31 Å². The average molecular weight is 260 g/mol. The van der Waals surface area contributed by atoms with E-state index >= 15 is 0 Å². The van der Waals surface area contributed by atoms with Gasteiger partial charge in [-0.15, -0.1) is 0 Å². The van der Waals surface area contributed by atoms with Gasteiger partial charge in [0.25, 0.3) is 10.0 Å². The number of rotatable bonds is 6. The highest BCUT2D eigenvalue weighted by atomic mass is 32.2. The summed E-state index contributed by atoms with van der Waals surface area (Å²) >= 11 is 0. The summed E-state index contributed by atoms with van der Waals surface area (Å²) in [7, 11) is -1.76. The van der Waals surface area contributed by atoms with E-state index in [0.717, 1.165) is 0 Å². The molecule has 0 aliphatic heterocycles. The summed E-state index contributed by atoms with van der Waals surface area (Å²) in [6, 6.07) is -0.103. The first-order valence-corrected chi connectivity index (χ1v) is 7.03. The maximum atomic E-state index is 12.3. The largest absolute Gasteiger partial charge is 0.339 e. The number of hydrogen-bond donors (Lipinski definition) is 1. The van der Waals surface area contributed by atoms with E-state index in [9.17, 15) is 8.42 Å². The summed E-state index contributed by atoms with van der Waals surface area (Å²) in [6.07, 6.45) is 3.63. The minimum atomic E-state index is -3.51. The van der Waals surface area contributed by atoms with Crippen molar-refractivity contribution in [3.63, 3.8) is 0 Å². The Morgan fingerprint density at radius 2 is 2.18 bits per heavy atom. The number of nitrogens with two attached hydrogens (primary N) is 1. The van der Waals surface area contributed by atoms with Crippen LogP contribution in [0.4, 0.5) is 0 Å². The van der Waals surface area contributed by atoms with Crippen LogP contribution < -0.4 is 5.73 Å². The van der Waals surface area contributed by atoms with Crippen LogP contribution in [-0.2, 0) is 17.1 Å². The molecule has 1 rings (SSSR count). The summed E-state index contributed by atoms with van der Waals surface area (Å²) < 4.78 is 27.7. The SMILES string of the molecule is CC(C)N(CCCN)S(=O)(=O)c1cn(C)cn1. The van der Waals surface area contributed by atoms with Gasteiger partial charge in [0.05, 0.1) is 6.33 Å². The molecule has 0 saturated carbocycles. The zero-order chi connectivity index (χ0) is 13.1. The molecule has 0 aliphatic rings. The van der Waals surface area contributed by atoms with E-state index in [1.165, 1.54) is 16.8 Å². The van der Waals surface area contributed by atoms with Gasteiger partial charge < -0.3 is 10.3 Å². The monoisotopic (exact) mass is 260 g/mol. The molecular weight excluding hydrogens is 240 g/mol. The van der Waals surface area contributed by atoms with Crippen LogP contribution >= 0.6 is 0 Å². The van der Waals surface area contributed by atoms with E-state index in [1.807, 2.05) is 13.8 Å². The Kier molecular flexibility index (Phi) is 4.67. The molecule has 0 spiro atoms. The number of hydrogen-bond acceptors (Lipinski definition) is 4. The van der Waals surface area contributed by atoms with E-state index < -0.39 is 10.0 Å². The van der Waals surface area contributed by atoms with Crippen LogP contribution in [-0.4, -0.2) is 41.4 Å². The fraction of sp³-hybridized carbons (Fsp3) is 0.700. The first kappa shape index (κ1) is 14.1. The summed E-state index contributed by atoms with van der Waals surface area (Å²) in [6.45, 7) is 4.59. The van der Waals surface area contributed by atoms with Crippen molar-refractivity contribution in [2.75, 3.05) is 13.1 Å². The molecule has 1 aromatic heterocycles. The van der Waals surface area contributed by atoms with Crippen LogP contribution in [0.15, 0.2) is 17.6 Å². The van der Waals surface area contributed by atoms with E-state index in [1.54, 1.807) is 11.6 Å². The first-order chi connectivity index (χ1) is 7.89. The predicted octanol–water partition coefficient (Wildman–Crippen LogP) is 0.168. The van der Waals surface area contributed by atoms with E-state index in [2.05, 4.69) is 4.98 Å². The predicted molar refractivity (Wildman–Crippen MR) is 65.9 cm³/mol. The van der Waals surface area contributed by atoms with Gasteiger partial charge in [0.1, 0.15) is 0 Å². The molecule has 1 heterocycles. The van der Waals surface area contributed by atoms with Crippen LogP contribution in [0.25, 0.3) is 0 Å². The molecule has 0 aromatic carbocycles. The van der Waals surface area contributed by atoms with Crippen molar-refractivity contribution in [2.45, 2.75) is 31.3 Å². The Balaban J connectivity index is 3.00. The molecule has 0 aliphatic carbocycles. The Morgan fingerprint density at radius 3 is 2.59 bits per heavy atom. The molecule has 0 radical (unpaired) electrons. The van der Waals surface area contributed by atoms with Crippen LogP contribution in [0.5, 0.6) is 0 Å². The Labute approximate surface area is 102 Å². The standard InChI is InChI=1S/C10H20N4O2S/c1-9(2)14(6-4-5-11)17(15,16)10-7-13(3)8-12-10/h7-9H,4-6,11H2,1-3H3. The van der Waals surface area contributed by atoms with E-state index in [-0.39, 0.29) is 11.1 Å². The first-order valence-electron chi connectivity index (χ1n) is 5.59. The molecule has 2 N–H and O–H groups in total. The summed E-state index contributed by atoms with van der Waals surface area (Å²) in [5.74, 6) is 0. The fourth-order valence-corrected chi connectivity index (χ4v) is 3.19. The molecule has 98 valence electrons. The van der Waals surface area contributed by atoms with Crippen molar-refractivity contribution in [3.05, 3.63) is 12.5 Å². The molecule has 6 nitrogen and oxygen atoms in total. The topological polar surface area (TPSA) is 81.2 Å². The summed E-state index contributed by atoms with van der Waals surface area (Å²) in [4.78, 5) is 3.90. The van der Waals surface area contributed by atoms with Crippen molar-refractivity contribution in [3.8, 4) is 0 Å². The van der Waals surface area contributed by atoms with Crippen molar-refractivity contribution < 1.29 is 8.42 Å². The Bertz CT molecular complexity index is 453. The lowest BCUT2D eigenvalue weighted by Crippen LogP contribution is -2.38. The number of aromatic nitrogens is 2. The van der Waals surface area contributed by atoms with Crippen LogP contribution in [0.3, 0.4) is 0 Å². The Hall–Kier alpha value is -0.920. The maximum Gasteiger partial charge on any atom is 0.262 e. The number of aryl methyl sites for hydroxylation is 1. The third-order valence-corrected chi connectivity index (χ3v) is 4.37. The van der Waals surface area contributed by atoms with Crippen molar-refractivity contribution in [2.24, 2.45) is 12.8 Å². The van der Waals surface area contributed by atoms with E-state index in [0.29, 0.717) is 19.5 Å². The highest BCUT2D eigenvalue weighted by Crippen LogP contribution is 2.16. The third-order valence-electron chi connectivity index (χ3n) is 2.41. The van der Waals surface area contributed by atoms with Gasteiger partial charge in [0, 0.05) is 25.8 Å². The number of sulfonamides is 1. The zero-order valence-corrected chi connectivity index (χ0v) is 11.3. The lowest BCUT2D eigenvalue weighted by Gasteiger charge is -2.24. The minimum absolute atomic E-state index is 0.0886. The number of imidazole rings is 1. The number of nitrogens with zero attached hydrogens (tertiary/aromatic N) is 3. The van der Waals surface area contributed by atoms with Crippen LogP contribution in [0.2, 0.25) is 0 Å². The maximum absolute atomic E-state index is 12.3. The van der Waals surface area contributed by atoms with Gasteiger partial charge in [0.15, 0.2) is 5.03 Å². The van der Waals surface area contributed by atoms with Crippen molar-refractivity contribution in [1.82, 2.24) is 13.9 Å². The smallest absolute Gasteiger partial charge is 0.262 e. The quantitative estimate of drug-likeness (QED) is 0.790. The second-order valence-corrected chi connectivity index (χ2v) is 6.07. The van der Waals surface area contributed by atoms with Gasteiger partial charge in [-0.1, -0.05) is 0 Å². The molecule has 0 saturated heterocycles. The van der Waals surface area contributed by atoms with Gasteiger partial charge in [-0.05, 0) is 26.8 Å². The summed E-state index contributed by atoms with van der Waals surface area (Å²) in [5, 5.41) is 0.0886. The highest BCUT2D eigenvalue weighted by Gasteiger charge is 2.28. The lowest BCUT2D eigenvalue weighted by atomic mass is 10.3. The fourth-order valence-electron chi connectivity index (χ4n) is 1.55. The molecule has 0 bridgehead atoms. The van der Waals surface area contributed by atoms with Crippen molar-refractivity contribution >= 4 is 10.0 Å². The van der Waals surface area contributed by atoms with Gasteiger partial charge >= 0.3 is 0 Å². The van der Waals surface area contributed by atoms with Crippen LogP contribution in [0.1, 0.15) is 20.3 Å². The molecule has 0 atom stereocenters. The molecule has 1 aromatic rings. The van der Waals surface area contributed by atoms with Gasteiger partial charge in [-0.25, -0.2) is 13.4 Å². The second-order valence-electron chi connectivity index (χ2n) is 4.23. The van der Waals surface area contributed by atoms with Crippen LogP contribution in [0, 0.1) is 0 Å². The Morgan fingerprint density at radius 1 is 1.53 bits per heavy atom. The third kappa shape index (κ3) is 3.27. The molecule has 0 unspecified atom stereocenters. The molecular formula is C10H20N4O2S. The van der Waals surface area contributed by atoms with Crippen molar-refractivity contribution in [1.29, 1.82) is 0 Å². The second kappa shape index (κ2) is 5.61. The van der Waals surface area contributed by atoms with E-state index in [4.69, 9.17) is 5.73 Å².